The lowest BCUT2D eigenvalue weighted by Gasteiger charge is -2.13. The number of carbonyl (C=O) groups is 1. The Morgan fingerprint density at radius 1 is 1.21 bits per heavy atom. The molecule has 29 heavy (non-hydrogen) atoms. The number of hydrogen-bond acceptors (Lipinski definition) is 9. The van der Waals surface area contributed by atoms with E-state index in [1.807, 2.05) is 0 Å². The Morgan fingerprint density at radius 2 is 1.79 bits per heavy atom. The normalized spacial score (nSPS) is 10.6. The molecule has 0 heterocycles. The monoisotopic (exact) mass is 403 g/mol. The van der Waals surface area contributed by atoms with Gasteiger partial charge in [-0.3, -0.25) is 25.0 Å². The van der Waals surface area contributed by atoms with Crippen molar-refractivity contribution < 1.29 is 24.5 Å². The van der Waals surface area contributed by atoms with E-state index >= 15 is 0 Å². The summed E-state index contributed by atoms with van der Waals surface area (Å²) in [5.41, 5.74) is 0.612. The molecule has 1 amide bonds. The molecule has 0 unspecified atom stereocenters. The number of hydrazone groups is 1. The predicted octanol–water partition coefficient (Wildman–Crippen LogP) is 2.05. The van der Waals surface area contributed by atoms with E-state index in [1.54, 1.807) is 6.07 Å². The number of nitro benzene ring substituents is 2. The average Bonchev–Trinajstić information content (AvgIpc) is 2.67. The first-order valence-corrected chi connectivity index (χ1v) is 8.00. The molecule has 0 fully saturated rings. The fourth-order valence-electron chi connectivity index (χ4n) is 2.51. The molecule has 2 rings (SSSR count). The number of aromatic hydroxyl groups is 1. The largest absolute Gasteiger partial charge is 0.504 e. The summed E-state index contributed by atoms with van der Waals surface area (Å²) in [4.78, 5) is 34.6. The van der Waals surface area contributed by atoms with E-state index in [-0.39, 0.29) is 28.3 Å². The number of methoxy groups -OCH3 is 1. The summed E-state index contributed by atoms with van der Waals surface area (Å²) in [6, 6.07) is 6.48. The van der Waals surface area contributed by atoms with Gasteiger partial charge in [0, 0.05) is 31.8 Å². The van der Waals surface area contributed by atoms with Crippen molar-refractivity contribution in [1.82, 2.24) is 5.43 Å². The summed E-state index contributed by atoms with van der Waals surface area (Å²) >= 11 is 0. The van der Waals surface area contributed by atoms with Crippen LogP contribution in [-0.4, -0.2) is 48.3 Å². The summed E-state index contributed by atoms with van der Waals surface area (Å²) < 4.78 is 4.95. The number of para-hydroxylation sites is 1. The number of nitro groups is 2. The average molecular weight is 403 g/mol. The minimum Gasteiger partial charge on any atom is -0.504 e. The lowest BCUT2D eigenvalue weighted by molar-refractivity contribution is -0.392. The molecule has 12 heteroatoms. The van der Waals surface area contributed by atoms with Gasteiger partial charge < -0.3 is 14.7 Å². The number of nitrogens with one attached hydrogen (secondary N) is 1. The number of carbonyl (C=O) groups excluding carboxylic acids is 1. The maximum absolute atomic E-state index is 12.3. The van der Waals surface area contributed by atoms with E-state index in [2.05, 4.69) is 10.5 Å². The van der Waals surface area contributed by atoms with Crippen LogP contribution < -0.4 is 15.1 Å². The molecule has 0 bridgehead atoms. The predicted molar refractivity (Wildman–Crippen MR) is 104 cm³/mol. The molecule has 12 nitrogen and oxygen atoms in total. The molecule has 0 aliphatic carbocycles. The minimum atomic E-state index is -0.903. The van der Waals surface area contributed by atoms with Crippen LogP contribution in [0.1, 0.15) is 15.9 Å². The van der Waals surface area contributed by atoms with Gasteiger partial charge in [-0.2, -0.15) is 5.10 Å². The van der Waals surface area contributed by atoms with Crippen LogP contribution in [0.4, 0.5) is 17.1 Å². The Hall–Kier alpha value is -4.22. The Morgan fingerprint density at radius 3 is 2.28 bits per heavy atom. The van der Waals surface area contributed by atoms with Gasteiger partial charge in [0.1, 0.15) is 0 Å². The number of ether oxygens (including phenoxy) is 1. The molecular weight excluding hydrogens is 386 g/mol. The quantitative estimate of drug-likeness (QED) is 0.403. The van der Waals surface area contributed by atoms with Gasteiger partial charge in [0.15, 0.2) is 17.2 Å². The van der Waals surface area contributed by atoms with Crippen molar-refractivity contribution in [2.75, 3.05) is 26.1 Å². The third-order valence-corrected chi connectivity index (χ3v) is 3.79. The number of phenolic OH excluding ortho intramolecular Hbond substituents is 1. The zero-order valence-corrected chi connectivity index (χ0v) is 15.6. The minimum absolute atomic E-state index is 0.199. The van der Waals surface area contributed by atoms with Crippen molar-refractivity contribution in [1.29, 1.82) is 0 Å². The molecule has 2 aromatic carbocycles. The lowest BCUT2D eigenvalue weighted by atomic mass is 10.1. The van der Waals surface area contributed by atoms with Crippen LogP contribution in [0.15, 0.2) is 35.4 Å². The number of rotatable bonds is 7. The van der Waals surface area contributed by atoms with Crippen LogP contribution in [0.5, 0.6) is 11.5 Å². The van der Waals surface area contributed by atoms with E-state index in [0.717, 1.165) is 18.3 Å². The van der Waals surface area contributed by atoms with Crippen LogP contribution in [0.25, 0.3) is 0 Å². The van der Waals surface area contributed by atoms with Gasteiger partial charge in [-0.15, -0.1) is 0 Å². The Balaban J connectivity index is 2.36. The Labute approximate surface area is 164 Å². The molecule has 0 aliphatic rings. The standard InChI is InChI=1S/C17H17N5O7/c1-20(2)15-12(21(25)26)7-11(8-13(15)22(27)28)17(24)19-18-9-10-5-4-6-14(29-3)16(10)23/h4-9,23H,1-3H3,(H,19,24)/b18-9+. The molecular formula is C17H17N5O7. The molecule has 2 N–H and O–H groups in total. The highest BCUT2D eigenvalue weighted by Crippen LogP contribution is 2.37. The zero-order valence-electron chi connectivity index (χ0n) is 15.6. The zero-order chi connectivity index (χ0) is 21.7. The third kappa shape index (κ3) is 4.55. The van der Waals surface area contributed by atoms with E-state index in [0.29, 0.717) is 0 Å². The van der Waals surface area contributed by atoms with E-state index < -0.39 is 27.1 Å². The van der Waals surface area contributed by atoms with Crippen molar-refractivity contribution in [3.8, 4) is 11.5 Å². The smallest absolute Gasteiger partial charge is 0.300 e. The van der Waals surface area contributed by atoms with Gasteiger partial charge >= 0.3 is 0 Å². The number of phenols is 1. The first-order chi connectivity index (χ1) is 13.7. The summed E-state index contributed by atoms with van der Waals surface area (Å²) in [7, 11) is 4.20. The second kappa shape index (κ2) is 8.65. The molecule has 0 saturated heterocycles. The topological polar surface area (TPSA) is 160 Å². The summed E-state index contributed by atoms with van der Waals surface area (Å²) in [5.74, 6) is -0.902. The van der Waals surface area contributed by atoms with Crippen LogP contribution in [0, 0.1) is 20.2 Å². The van der Waals surface area contributed by atoms with Crippen LogP contribution in [0.2, 0.25) is 0 Å². The highest BCUT2D eigenvalue weighted by atomic mass is 16.6. The lowest BCUT2D eigenvalue weighted by Crippen LogP contribution is -2.20. The number of hydrogen-bond donors (Lipinski definition) is 2. The van der Waals surface area contributed by atoms with Crippen molar-refractivity contribution in [2.45, 2.75) is 0 Å². The molecule has 0 aliphatic heterocycles. The maximum atomic E-state index is 12.3. The van der Waals surface area contributed by atoms with Crippen molar-refractivity contribution in [3.63, 3.8) is 0 Å². The SMILES string of the molecule is COc1cccc(/C=N/NC(=O)c2cc([N+](=O)[O-])c(N(C)C)c([N+](=O)[O-])c2)c1O. The highest BCUT2D eigenvalue weighted by molar-refractivity contribution is 5.98. The summed E-state index contributed by atoms with van der Waals surface area (Å²) in [6.07, 6.45) is 1.13. The van der Waals surface area contributed by atoms with Crippen LogP contribution >= 0.6 is 0 Å². The van der Waals surface area contributed by atoms with Gasteiger partial charge in [-0.25, -0.2) is 5.43 Å². The van der Waals surface area contributed by atoms with Gasteiger partial charge in [-0.05, 0) is 12.1 Å². The van der Waals surface area contributed by atoms with Crippen molar-refractivity contribution >= 4 is 29.2 Å². The second-order valence-electron chi connectivity index (χ2n) is 5.87. The molecule has 0 atom stereocenters. The fraction of sp³-hybridized carbons (Fsp3) is 0.176. The second-order valence-corrected chi connectivity index (χ2v) is 5.87. The molecule has 0 spiro atoms. The van der Waals surface area contributed by atoms with Crippen LogP contribution in [-0.2, 0) is 0 Å². The Bertz CT molecular complexity index is 969. The summed E-state index contributed by atoms with van der Waals surface area (Å²) in [5, 5.41) is 36.3. The fourth-order valence-corrected chi connectivity index (χ4v) is 2.51. The molecule has 152 valence electrons. The molecule has 0 aromatic heterocycles. The highest BCUT2D eigenvalue weighted by Gasteiger charge is 2.29. The van der Waals surface area contributed by atoms with Gasteiger partial charge in [0.2, 0.25) is 0 Å². The van der Waals surface area contributed by atoms with E-state index in [1.165, 1.54) is 38.2 Å². The van der Waals surface area contributed by atoms with E-state index in [4.69, 9.17) is 4.74 Å². The number of benzene rings is 2. The first kappa shape index (κ1) is 21.1. The van der Waals surface area contributed by atoms with Gasteiger partial charge in [0.25, 0.3) is 17.3 Å². The van der Waals surface area contributed by atoms with Crippen LogP contribution in [0.3, 0.4) is 0 Å². The van der Waals surface area contributed by atoms with Gasteiger partial charge in [0.05, 0.1) is 28.7 Å². The van der Waals surface area contributed by atoms with E-state index in [9.17, 15) is 30.1 Å². The van der Waals surface area contributed by atoms with Crippen molar-refractivity contribution in [2.24, 2.45) is 5.10 Å². The van der Waals surface area contributed by atoms with Crippen molar-refractivity contribution in [3.05, 3.63) is 61.7 Å². The molecule has 0 radical (unpaired) electrons. The number of nitrogens with zero attached hydrogens (tertiary/aromatic N) is 4. The summed E-state index contributed by atoms with van der Waals surface area (Å²) in [6.45, 7) is 0. The molecule has 0 saturated carbocycles. The van der Waals surface area contributed by atoms with Gasteiger partial charge in [-0.1, -0.05) is 6.07 Å². The maximum Gasteiger partial charge on any atom is 0.300 e. The molecule has 2 aromatic rings. The Kier molecular flexibility index (Phi) is 6.29. The number of amides is 1. The first-order valence-electron chi connectivity index (χ1n) is 8.00. The number of anilines is 1. The third-order valence-electron chi connectivity index (χ3n) is 3.79.